The molecule has 1 aromatic heterocycles. The zero-order valence-electron chi connectivity index (χ0n) is 12.7. The van der Waals surface area contributed by atoms with Crippen LogP contribution in [0.5, 0.6) is 0 Å². The first kappa shape index (κ1) is 14.9. The molecule has 1 N–H and O–H groups in total. The molecule has 0 unspecified atom stereocenters. The molecule has 4 nitrogen and oxygen atoms in total. The monoisotopic (exact) mass is 298 g/mol. The first-order valence-corrected chi connectivity index (χ1v) is 7.89. The highest BCUT2D eigenvalue weighted by atomic mass is 16.3. The van der Waals surface area contributed by atoms with Crippen LogP contribution in [0.4, 0.5) is 0 Å². The van der Waals surface area contributed by atoms with Crippen LogP contribution >= 0.6 is 0 Å². The van der Waals surface area contributed by atoms with Crippen LogP contribution in [-0.2, 0) is 6.54 Å². The molecule has 4 heteroatoms. The topological polar surface area (TPSA) is 45.5 Å². The normalized spacial score (nSPS) is 16.5. The van der Waals surface area contributed by atoms with Gasteiger partial charge in [0, 0.05) is 12.1 Å². The van der Waals surface area contributed by atoms with Gasteiger partial charge in [-0.05, 0) is 56.1 Å². The van der Waals surface area contributed by atoms with E-state index < -0.39 is 0 Å². The van der Waals surface area contributed by atoms with E-state index in [1.165, 1.54) is 0 Å². The van der Waals surface area contributed by atoms with E-state index in [2.05, 4.69) is 10.2 Å². The summed E-state index contributed by atoms with van der Waals surface area (Å²) in [6.45, 7) is 3.78. The van der Waals surface area contributed by atoms with E-state index in [0.717, 1.165) is 50.3 Å². The van der Waals surface area contributed by atoms with Crippen molar-refractivity contribution in [3.63, 3.8) is 0 Å². The predicted molar refractivity (Wildman–Crippen MR) is 85.5 cm³/mol. The van der Waals surface area contributed by atoms with Crippen LogP contribution in [0.25, 0.3) is 0 Å². The van der Waals surface area contributed by atoms with Gasteiger partial charge < -0.3 is 9.73 Å². The minimum atomic E-state index is 0.0265. The van der Waals surface area contributed by atoms with Crippen molar-refractivity contribution in [3.05, 3.63) is 60.1 Å². The minimum Gasteiger partial charge on any atom is -0.468 e. The maximum Gasteiger partial charge on any atom is 0.251 e. The maximum absolute atomic E-state index is 12.0. The van der Waals surface area contributed by atoms with Crippen LogP contribution in [0.1, 0.15) is 29.0 Å². The molecule has 3 rings (SSSR count). The molecule has 1 aliphatic rings. The number of piperidine rings is 1. The fourth-order valence-corrected chi connectivity index (χ4v) is 2.90. The van der Waals surface area contributed by atoms with Crippen LogP contribution in [0.15, 0.2) is 53.1 Å². The third kappa shape index (κ3) is 3.98. The zero-order valence-corrected chi connectivity index (χ0v) is 12.7. The van der Waals surface area contributed by atoms with Crippen molar-refractivity contribution >= 4 is 5.91 Å². The number of carbonyl (C=O) groups is 1. The molecule has 1 fully saturated rings. The van der Waals surface area contributed by atoms with Crippen LogP contribution in [0, 0.1) is 5.92 Å². The molecule has 1 saturated heterocycles. The first-order chi connectivity index (χ1) is 10.8. The molecule has 1 amide bonds. The lowest BCUT2D eigenvalue weighted by atomic mass is 9.96. The molecular weight excluding hydrogens is 276 g/mol. The highest BCUT2D eigenvalue weighted by molar-refractivity contribution is 5.94. The van der Waals surface area contributed by atoms with E-state index in [1.807, 2.05) is 42.5 Å². The summed E-state index contributed by atoms with van der Waals surface area (Å²) in [7, 11) is 0. The van der Waals surface area contributed by atoms with Gasteiger partial charge in [0.1, 0.15) is 5.76 Å². The number of furan rings is 1. The van der Waals surface area contributed by atoms with Gasteiger partial charge in [0.15, 0.2) is 0 Å². The summed E-state index contributed by atoms with van der Waals surface area (Å²) >= 11 is 0. The second-order valence-electron chi connectivity index (χ2n) is 5.87. The van der Waals surface area contributed by atoms with Gasteiger partial charge in [-0.1, -0.05) is 18.2 Å². The lowest BCUT2D eigenvalue weighted by Gasteiger charge is -2.31. The Morgan fingerprint density at radius 2 is 1.91 bits per heavy atom. The average Bonchev–Trinajstić information content (AvgIpc) is 3.08. The quantitative estimate of drug-likeness (QED) is 0.923. The maximum atomic E-state index is 12.0. The largest absolute Gasteiger partial charge is 0.468 e. The Balaban J connectivity index is 1.40. The van der Waals surface area contributed by atoms with Crippen molar-refractivity contribution in [1.29, 1.82) is 0 Å². The van der Waals surface area contributed by atoms with Gasteiger partial charge >= 0.3 is 0 Å². The van der Waals surface area contributed by atoms with Gasteiger partial charge in [0.05, 0.1) is 12.8 Å². The van der Waals surface area contributed by atoms with Gasteiger partial charge in [-0.15, -0.1) is 0 Å². The molecule has 0 bridgehead atoms. The summed E-state index contributed by atoms with van der Waals surface area (Å²) in [6.07, 6.45) is 3.97. The smallest absolute Gasteiger partial charge is 0.251 e. The van der Waals surface area contributed by atoms with Crippen LogP contribution in [-0.4, -0.2) is 30.4 Å². The average molecular weight is 298 g/mol. The summed E-state index contributed by atoms with van der Waals surface area (Å²) in [5, 5.41) is 3.05. The Kier molecular flexibility index (Phi) is 4.91. The number of hydrogen-bond donors (Lipinski definition) is 1. The van der Waals surface area contributed by atoms with E-state index in [-0.39, 0.29) is 5.91 Å². The van der Waals surface area contributed by atoms with Crippen molar-refractivity contribution in [1.82, 2.24) is 10.2 Å². The summed E-state index contributed by atoms with van der Waals surface area (Å²) < 4.78 is 5.39. The molecule has 22 heavy (non-hydrogen) atoms. The fourth-order valence-electron chi connectivity index (χ4n) is 2.90. The van der Waals surface area contributed by atoms with Crippen LogP contribution < -0.4 is 5.32 Å². The molecule has 2 aromatic rings. The van der Waals surface area contributed by atoms with Gasteiger partial charge in [-0.2, -0.15) is 0 Å². The molecule has 0 atom stereocenters. The van der Waals surface area contributed by atoms with Gasteiger partial charge in [0.2, 0.25) is 0 Å². The van der Waals surface area contributed by atoms with E-state index in [9.17, 15) is 4.79 Å². The number of likely N-dealkylation sites (tertiary alicyclic amines) is 1. The molecule has 0 saturated carbocycles. The number of benzene rings is 1. The second kappa shape index (κ2) is 7.27. The Labute approximate surface area is 131 Å². The van der Waals surface area contributed by atoms with Crippen molar-refractivity contribution in [2.24, 2.45) is 5.92 Å². The summed E-state index contributed by atoms with van der Waals surface area (Å²) in [5.74, 6) is 1.62. The van der Waals surface area contributed by atoms with Crippen molar-refractivity contribution in [3.8, 4) is 0 Å². The Morgan fingerprint density at radius 3 is 2.59 bits per heavy atom. The second-order valence-corrected chi connectivity index (χ2v) is 5.87. The SMILES string of the molecule is O=C(NCC1CCN(Cc2ccco2)CC1)c1ccccc1. The zero-order chi connectivity index (χ0) is 15.2. The lowest BCUT2D eigenvalue weighted by Crippen LogP contribution is -2.38. The first-order valence-electron chi connectivity index (χ1n) is 7.89. The van der Waals surface area contributed by atoms with Crippen LogP contribution in [0.3, 0.4) is 0 Å². The molecular formula is C18H22N2O2. The number of carbonyl (C=O) groups excluding carboxylic acids is 1. The molecule has 0 spiro atoms. The third-order valence-corrected chi connectivity index (χ3v) is 4.25. The number of rotatable bonds is 5. The van der Waals surface area contributed by atoms with E-state index in [0.29, 0.717) is 5.92 Å². The van der Waals surface area contributed by atoms with Crippen molar-refractivity contribution in [2.75, 3.05) is 19.6 Å². The summed E-state index contributed by atoms with van der Waals surface area (Å²) in [5.41, 5.74) is 0.734. The number of nitrogens with one attached hydrogen (secondary N) is 1. The van der Waals surface area contributed by atoms with Gasteiger partial charge in [0.25, 0.3) is 5.91 Å². The number of nitrogens with zero attached hydrogens (tertiary/aromatic N) is 1. The Bertz CT molecular complexity index is 572. The third-order valence-electron chi connectivity index (χ3n) is 4.25. The predicted octanol–water partition coefficient (Wildman–Crippen LogP) is 2.92. The molecule has 116 valence electrons. The lowest BCUT2D eigenvalue weighted by molar-refractivity contribution is 0.0934. The van der Waals surface area contributed by atoms with Crippen LogP contribution in [0.2, 0.25) is 0 Å². The number of amides is 1. The molecule has 1 aliphatic heterocycles. The van der Waals surface area contributed by atoms with Crippen molar-refractivity contribution < 1.29 is 9.21 Å². The highest BCUT2D eigenvalue weighted by Gasteiger charge is 2.20. The van der Waals surface area contributed by atoms with Gasteiger partial charge in [-0.3, -0.25) is 9.69 Å². The fraction of sp³-hybridized carbons (Fsp3) is 0.389. The number of hydrogen-bond acceptors (Lipinski definition) is 3. The summed E-state index contributed by atoms with van der Waals surface area (Å²) in [6, 6.07) is 13.4. The Hall–Kier alpha value is -2.07. The van der Waals surface area contributed by atoms with E-state index >= 15 is 0 Å². The Morgan fingerprint density at radius 1 is 1.14 bits per heavy atom. The minimum absolute atomic E-state index is 0.0265. The highest BCUT2D eigenvalue weighted by Crippen LogP contribution is 2.18. The van der Waals surface area contributed by atoms with Gasteiger partial charge in [-0.25, -0.2) is 0 Å². The molecule has 1 aromatic carbocycles. The standard InChI is InChI=1S/C18H22N2O2/c21-18(16-5-2-1-3-6-16)19-13-15-8-10-20(11-9-15)14-17-7-4-12-22-17/h1-7,12,15H,8-11,13-14H2,(H,19,21). The molecule has 0 radical (unpaired) electrons. The van der Waals surface area contributed by atoms with Crippen molar-refractivity contribution in [2.45, 2.75) is 19.4 Å². The molecule has 2 heterocycles. The molecule has 0 aliphatic carbocycles. The van der Waals surface area contributed by atoms with E-state index in [4.69, 9.17) is 4.42 Å². The van der Waals surface area contributed by atoms with E-state index in [1.54, 1.807) is 6.26 Å². The summed E-state index contributed by atoms with van der Waals surface area (Å²) in [4.78, 5) is 14.4.